The number of ether oxygens (including phenoxy) is 1. The van der Waals surface area contributed by atoms with Gasteiger partial charge in [0.15, 0.2) is 17.4 Å². The number of aromatic nitrogens is 4. The average molecular weight is 585 g/mol. The molecule has 2 aromatic rings. The van der Waals surface area contributed by atoms with Crippen LogP contribution in [0.3, 0.4) is 0 Å². The van der Waals surface area contributed by atoms with E-state index < -0.39 is 58.7 Å². The molecule has 9 N–H and O–H groups in total. The zero-order chi connectivity index (χ0) is 24.1. The maximum absolute atomic E-state index is 11.9. The van der Waals surface area contributed by atoms with Crippen LogP contribution < -0.4 is 16.2 Å². The van der Waals surface area contributed by atoms with Crippen molar-refractivity contribution in [3.8, 4) is 0 Å². The number of aliphatic hydroxyl groups is 1. The fourth-order valence-corrected chi connectivity index (χ4v) is 6.86. The minimum absolute atomic E-state index is 0.0235. The Morgan fingerprint density at radius 2 is 1.97 bits per heavy atom. The van der Waals surface area contributed by atoms with E-state index in [-0.39, 0.29) is 17.1 Å². The molecule has 0 aromatic carbocycles. The molecule has 180 valence electrons. The molecule has 0 radical (unpaired) electrons. The standard InChI is InChI=1S/C10H16BrN6O12P3/c11-4-6(18)3(1-27-32(25,26)29-31(23,24)16-30(20,21)22)28-9(4)17-2-13-5-7(17)14-10(12)15-8(5)19/h2-4,6,9,18H,1H2,(H,25,26)(H3,12,14,15,19)(H4,16,20,21,22,23,24)/t3-,4-,6-,9-/m1/s1. The van der Waals surface area contributed by atoms with Gasteiger partial charge in [-0.2, -0.15) is 9.29 Å². The predicted octanol–water partition coefficient (Wildman–Crippen LogP) is -1.36. The lowest BCUT2D eigenvalue weighted by atomic mass is 10.2. The molecule has 2 unspecified atom stereocenters. The van der Waals surface area contributed by atoms with Crippen LogP contribution in [-0.4, -0.2) is 67.8 Å². The van der Waals surface area contributed by atoms with Crippen molar-refractivity contribution in [2.45, 2.75) is 23.3 Å². The minimum Gasteiger partial charge on any atom is -0.389 e. The number of phosphoric acid groups is 1. The Bertz CT molecular complexity index is 1210. The number of nitrogen functional groups attached to an aromatic ring is 1. The molecule has 18 nitrogen and oxygen atoms in total. The topological polar surface area (TPSA) is 282 Å². The van der Waals surface area contributed by atoms with Gasteiger partial charge in [0.2, 0.25) is 5.95 Å². The number of aliphatic hydroxyl groups excluding tert-OH is 1. The Kier molecular flexibility index (Phi) is 7.16. The highest BCUT2D eigenvalue weighted by Gasteiger charge is 2.46. The molecule has 1 saturated heterocycles. The van der Waals surface area contributed by atoms with E-state index >= 15 is 0 Å². The number of rotatable bonds is 8. The van der Waals surface area contributed by atoms with Gasteiger partial charge in [0.05, 0.1) is 23.9 Å². The molecule has 0 saturated carbocycles. The van der Waals surface area contributed by atoms with E-state index in [9.17, 15) is 33.4 Å². The fourth-order valence-electron chi connectivity index (χ4n) is 2.71. The Morgan fingerprint density at radius 1 is 1.31 bits per heavy atom. The first-order chi connectivity index (χ1) is 14.6. The molecule has 3 rings (SSSR count). The van der Waals surface area contributed by atoms with Crippen molar-refractivity contribution >= 4 is 56.4 Å². The number of nitrogens with two attached hydrogens (primary N) is 1. The predicted molar refractivity (Wildman–Crippen MR) is 107 cm³/mol. The third kappa shape index (κ3) is 5.90. The number of aromatic amines is 1. The number of nitrogens with zero attached hydrogens (tertiary/aromatic N) is 3. The lowest BCUT2D eigenvalue weighted by molar-refractivity contribution is -0.0419. The number of H-pyrrole nitrogens is 1. The molecule has 0 amide bonds. The summed E-state index contributed by atoms with van der Waals surface area (Å²) in [5.74, 6) is -0.204. The van der Waals surface area contributed by atoms with Gasteiger partial charge in [-0.05, 0) is 0 Å². The summed E-state index contributed by atoms with van der Waals surface area (Å²) in [6, 6.07) is 0. The van der Waals surface area contributed by atoms with Gasteiger partial charge in [-0.15, -0.1) is 4.86 Å². The van der Waals surface area contributed by atoms with E-state index in [1.54, 1.807) is 0 Å². The first-order valence-corrected chi connectivity index (χ1v) is 13.8. The number of nitrogens with one attached hydrogen (secondary N) is 2. The van der Waals surface area contributed by atoms with E-state index in [0.717, 1.165) is 4.86 Å². The lowest BCUT2D eigenvalue weighted by Gasteiger charge is -2.20. The Hall–Kier alpha value is -1.04. The van der Waals surface area contributed by atoms with E-state index in [2.05, 4.69) is 39.7 Å². The Balaban J connectivity index is 1.72. The smallest absolute Gasteiger partial charge is 0.389 e. The lowest BCUT2D eigenvalue weighted by Crippen LogP contribution is -2.30. The molecular formula is C10H16BrN6O12P3. The second kappa shape index (κ2) is 8.96. The SMILES string of the molecule is Nc1nc2c(ncn2[C@@H]2O[C@H](COP(=O)(O)OP(=O)(O)NP(=O)(O)O)[C@@H](O)[C@H]2Br)c(=O)[nH]1. The molecule has 22 heteroatoms. The van der Waals surface area contributed by atoms with Crippen LogP contribution in [0.2, 0.25) is 0 Å². The number of hydrogen-bond donors (Lipinski definition) is 8. The van der Waals surface area contributed by atoms with Crippen molar-refractivity contribution in [3.63, 3.8) is 0 Å². The van der Waals surface area contributed by atoms with Gasteiger partial charge < -0.3 is 35.2 Å². The van der Waals surface area contributed by atoms with Gasteiger partial charge in [-0.3, -0.25) is 18.9 Å². The van der Waals surface area contributed by atoms with Crippen molar-refractivity contribution in [3.05, 3.63) is 16.7 Å². The number of fused-ring (bicyclic) bond motifs is 1. The molecule has 32 heavy (non-hydrogen) atoms. The van der Waals surface area contributed by atoms with Gasteiger partial charge in [0.1, 0.15) is 6.10 Å². The van der Waals surface area contributed by atoms with Gasteiger partial charge in [-0.25, -0.2) is 18.7 Å². The minimum atomic E-state index is -5.44. The van der Waals surface area contributed by atoms with Crippen LogP contribution in [-0.2, 0) is 27.3 Å². The highest BCUT2D eigenvalue weighted by molar-refractivity contribution is 9.09. The number of imidazole rings is 1. The maximum Gasteiger partial charge on any atom is 0.480 e. The zero-order valence-electron chi connectivity index (χ0n) is 15.3. The van der Waals surface area contributed by atoms with Crippen LogP contribution in [0.25, 0.3) is 11.2 Å². The largest absolute Gasteiger partial charge is 0.480 e. The summed E-state index contributed by atoms with van der Waals surface area (Å²) >= 11 is 3.19. The van der Waals surface area contributed by atoms with E-state index in [4.69, 9.17) is 20.3 Å². The normalized spacial score (nSPS) is 27.9. The van der Waals surface area contributed by atoms with Crippen molar-refractivity contribution in [2.75, 3.05) is 12.3 Å². The fraction of sp³-hybridized carbons (Fsp3) is 0.500. The van der Waals surface area contributed by atoms with Crippen molar-refractivity contribution < 1.29 is 51.9 Å². The van der Waals surface area contributed by atoms with Gasteiger partial charge in [0, 0.05) is 0 Å². The molecular weight excluding hydrogens is 569 g/mol. The van der Waals surface area contributed by atoms with E-state index in [0.29, 0.717) is 0 Å². The quantitative estimate of drug-likeness (QED) is 0.131. The summed E-state index contributed by atoms with van der Waals surface area (Å²) < 4.78 is 49.4. The summed E-state index contributed by atoms with van der Waals surface area (Å²) in [6.45, 7) is -0.855. The number of hydrogen-bond acceptors (Lipinski definition) is 11. The van der Waals surface area contributed by atoms with Crippen LogP contribution in [0.1, 0.15) is 6.23 Å². The van der Waals surface area contributed by atoms with E-state index in [1.807, 2.05) is 0 Å². The monoisotopic (exact) mass is 584 g/mol. The maximum atomic E-state index is 11.9. The molecule has 1 aliphatic rings. The van der Waals surface area contributed by atoms with Gasteiger partial charge >= 0.3 is 23.3 Å². The number of phosphoric ester groups is 1. The highest BCUT2D eigenvalue weighted by atomic mass is 79.9. The summed E-state index contributed by atoms with van der Waals surface area (Å²) in [5, 5.41) is 10.4. The molecule has 1 aliphatic heterocycles. The Labute approximate surface area is 185 Å². The molecule has 6 atom stereocenters. The molecule has 3 heterocycles. The summed E-state index contributed by atoms with van der Waals surface area (Å²) in [5.41, 5.74) is 4.86. The van der Waals surface area contributed by atoms with Crippen molar-refractivity contribution in [2.24, 2.45) is 0 Å². The molecule has 2 aromatic heterocycles. The van der Waals surface area contributed by atoms with Crippen LogP contribution >= 0.6 is 39.2 Å². The summed E-state index contributed by atoms with van der Waals surface area (Å²) in [6.07, 6.45) is -2.53. The zero-order valence-corrected chi connectivity index (χ0v) is 19.6. The number of alkyl halides is 1. The highest BCUT2D eigenvalue weighted by Crippen LogP contribution is 2.61. The first-order valence-electron chi connectivity index (χ1n) is 8.15. The molecule has 1 fully saturated rings. The third-order valence-electron chi connectivity index (χ3n) is 3.89. The summed E-state index contributed by atoms with van der Waals surface area (Å²) in [4.78, 5) is 58.1. The van der Waals surface area contributed by atoms with E-state index in [1.165, 1.54) is 10.9 Å². The number of anilines is 1. The molecule has 0 aliphatic carbocycles. The van der Waals surface area contributed by atoms with Crippen LogP contribution in [0.5, 0.6) is 0 Å². The third-order valence-corrected chi connectivity index (χ3v) is 9.12. The van der Waals surface area contributed by atoms with Crippen LogP contribution in [0.15, 0.2) is 11.1 Å². The number of halogens is 1. The van der Waals surface area contributed by atoms with Crippen molar-refractivity contribution in [1.82, 2.24) is 24.4 Å². The summed E-state index contributed by atoms with van der Waals surface area (Å²) in [7, 11) is -16.1. The Morgan fingerprint density at radius 3 is 2.59 bits per heavy atom. The second-order valence-corrected chi connectivity index (χ2v) is 12.1. The molecule has 0 spiro atoms. The van der Waals surface area contributed by atoms with Gasteiger partial charge in [-0.1, -0.05) is 15.9 Å². The molecule has 0 bridgehead atoms. The first kappa shape index (κ1) is 25.6. The van der Waals surface area contributed by atoms with Crippen LogP contribution in [0.4, 0.5) is 5.95 Å². The average Bonchev–Trinajstić information content (AvgIpc) is 3.12. The van der Waals surface area contributed by atoms with Gasteiger partial charge in [0.25, 0.3) is 5.56 Å². The van der Waals surface area contributed by atoms with Crippen LogP contribution in [0, 0.1) is 0 Å². The second-order valence-electron chi connectivity index (χ2n) is 6.29. The van der Waals surface area contributed by atoms with Crippen molar-refractivity contribution in [1.29, 1.82) is 0 Å².